The van der Waals surface area contributed by atoms with Crippen molar-refractivity contribution in [2.24, 2.45) is 0 Å². The average molecular weight is 363 g/mol. The Balaban J connectivity index is 1.95. The van der Waals surface area contributed by atoms with Crippen molar-refractivity contribution in [3.63, 3.8) is 0 Å². The van der Waals surface area contributed by atoms with Gasteiger partial charge in [0.1, 0.15) is 0 Å². The Bertz CT molecular complexity index is 856. The van der Waals surface area contributed by atoms with Crippen LogP contribution in [0.2, 0.25) is 0 Å². The summed E-state index contributed by atoms with van der Waals surface area (Å²) in [7, 11) is 0. The molecule has 1 fully saturated rings. The lowest BCUT2D eigenvalue weighted by molar-refractivity contribution is -0.113. The highest BCUT2D eigenvalue weighted by molar-refractivity contribution is 8.27. The number of carbonyl (C=O) groups is 1. The highest BCUT2D eigenvalue weighted by Crippen LogP contribution is 2.36. The Hall–Kier alpha value is -2.25. The molecule has 122 valence electrons. The van der Waals surface area contributed by atoms with Crippen LogP contribution in [0.4, 0.5) is 14.5 Å². The highest BCUT2D eigenvalue weighted by Gasteiger charge is 2.33. The molecule has 0 atom stereocenters. The number of aryl methyl sites for hydroxylation is 1. The van der Waals surface area contributed by atoms with Crippen molar-refractivity contribution in [2.75, 3.05) is 4.90 Å². The van der Waals surface area contributed by atoms with Crippen LogP contribution < -0.4 is 4.90 Å². The van der Waals surface area contributed by atoms with Gasteiger partial charge in [-0.25, -0.2) is 8.78 Å². The molecule has 0 bridgehead atoms. The minimum atomic E-state index is -1.09. The van der Waals surface area contributed by atoms with E-state index in [0.717, 1.165) is 29.5 Å². The van der Waals surface area contributed by atoms with Crippen LogP contribution in [0, 0.1) is 18.6 Å². The first-order valence-electron chi connectivity index (χ1n) is 6.89. The minimum absolute atomic E-state index is 0.132. The van der Waals surface area contributed by atoms with Gasteiger partial charge in [0.15, 0.2) is 21.7 Å². The molecule has 3 rings (SSSR count). The van der Waals surface area contributed by atoms with E-state index in [2.05, 4.69) is 0 Å². The third-order valence-corrected chi connectivity index (χ3v) is 4.73. The smallest absolute Gasteiger partial charge is 0.270 e. The lowest BCUT2D eigenvalue weighted by Crippen LogP contribution is -2.27. The molecule has 1 saturated heterocycles. The maximum atomic E-state index is 13.4. The van der Waals surface area contributed by atoms with Gasteiger partial charge in [0.05, 0.1) is 10.6 Å². The zero-order chi connectivity index (χ0) is 17.4. The summed E-state index contributed by atoms with van der Waals surface area (Å²) in [5.41, 5.74) is 1.82. The van der Waals surface area contributed by atoms with E-state index < -0.39 is 17.4 Å². The van der Waals surface area contributed by atoms with Gasteiger partial charge in [-0.2, -0.15) is 0 Å². The molecule has 2 aromatic rings. The average Bonchev–Trinajstić information content (AvgIpc) is 2.80. The topological polar surface area (TPSA) is 40.5 Å². The van der Waals surface area contributed by atoms with E-state index in [1.54, 1.807) is 12.1 Å². The number of aromatic hydroxyl groups is 1. The molecular formula is C17H11F2NO2S2. The number of rotatable bonds is 2. The summed E-state index contributed by atoms with van der Waals surface area (Å²) in [6.45, 7) is 1.93. The van der Waals surface area contributed by atoms with Crippen LogP contribution in [0.15, 0.2) is 41.3 Å². The summed E-state index contributed by atoms with van der Waals surface area (Å²) < 4.78 is 27.2. The van der Waals surface area contributed by atoms with Crippen molar-refractivity contribution in [3.8, 4) is 5.75 Å². The lowest BCUT2D eigenvalue weighted by atomic mass is 10.1. The van der Waals surface area contributed by atoms with Crippen LogP contribution >= 0.6 is 24.0 Å². The second-order valence-electron chi connectivity index (χ2n) is 5.19. The Kier molecular flexibility index (Phi) is 4.38. The second kappa shape index (κ2) is 6.33. The number of halogens is 2. The molecule has 3 nitrogen and oxygen atoms in total. The molecule has 7 heteroatoms. The van der Waals surface area contributed by atoms with E-state index in [9.17, 15) is 13.6 Å². The quantitative estimate of drug-likeness (QED) is 0.635. The molecule has 1 aliphatic heterocycles. The molecule has 1 amide bonds. The zero-order valence-corrected chi connectivity index (χ0v) is 14.0. The second-order valence-corrected chi connectivity index (χ2v) is 6.86. The molecule has 24 heavy (non-hydrogen) atoms. The van der Waals surface area contributed by atoms with Gasteiger partial charge < -0.3 is 5.11 Å². The monoisotopic (exact) mass is 363 g/mol. The molecule has 1 heterocycles. The summed E-state index contributed by atoms with van der Waals surface area (Å²) in [6.07, 6.45) is 1.35. The van der Waals surface area contributed by atoms with Crippen molar-refractivity contribution in [1.82, 2.24) is 0 Å². The van der Waals surface area contributed by atoms with E-state index in [0.29, 0.717) is 10.0 Å². The molecule has 2 aromatic carbocycles. The fourth-order valence-corrected chi connectivity index (χ4v) is 3.50. The SMILES string of the molecule is Cc1ccc(N2C(=O)/C(=C/c3cc(F)c(O)c(F)c3)SC2=S)cc1. The van der Waals surface area contributed by atoms with Crippen molar-refractivity contribution in [1.29, 1.82) is 0 Å². The standard InChI is InChI=1S/C17H11F2NO2S2/c1-9-2-4-11(5-3-9)20-16(22)14(24-17(20)23)8-10-6-12(18)15(21)13(19)7-10/h2-8,21H,1H3/b14-8-. The number of thioether (sulfide) groups is 1. The molecule has 1 N–H and O–H groups in total. The van der Waals surface area contributed by atoms with Crippen molar-refractivity contribution in [2.45, 2.75) is 6.92 Å². The predicted molar refractivity (Wildman–Crippen MR) is 94.9 cm³/mol. The van der Waals surface area contributed by atoms with Gasteiger partial charge >= 0.3 is 0 Å². The van der Waals surface area contributed by atoms with E-state index in [1.807, 2.05) is 19.1 Å². The van der Waals surface area contributed by atoms with Gasteiger partial charge in [-0.1, -0.05) is 41.7 Å². The molecular weight excluding hydrogens is 352 g/mol. The zero-order valence-electron chi connectivity index (χ0n) is 12.4. The summed E-state index contributed by atoms with van der Waals surface area (Å²) in [5.74, 6) is -3.58. The van der Waals surface area contributed by atoms with Gasteiger partial charge in [0.25, 0.3) is 5.91 Å². The van der Waals surface area contributed by atoms with Crippen LogP contribution in [0.25, 0.3) is 6.08 Å². The first-order chi connectivity index (χ1) is 11.4. The summed E-state index contributed by atoms with van der Waals surface area (Å²) >= 11 is 6.29. The molecule has 0 aliphatic carbocycles. The summed E-state index contributed by atoms with van der Waals surface area (Å²) in [5, 5.41) is 9.13. The highest BCUT2D eigenvalue weighted by atomic mass is 32.2. The third kappa shape index (κ3) is 3.05. The molecule has 0 spiro atoms. The predicted octanol–water partition coefficient (Wildman–Crippen LogP) is 4.38. The summed E-state index contributed by atoms with van der Waals surface area (Å²) in [6, 6.07) is 9.20. The number of phenols is 1. The number of carbonyl (C=O) groups excluding carboxylic acids is 1. The van der Waals surface area contributed by atoms with Crippen molar-refractivity contribution in [3.05, 3.63) is 64.1 Å². The third-order valence-electron chi connectivity index (χ3n) is 3.42. The van der Waals surface area contributed by atoms with Gasteiger partial charge in [0.2, 0.25) is 0 Å². The van der Waals surface area contributed by atoms with E-state index >= 15 is 0 Å². The molecule has 0 radical (unpaired) electrons. The Morgan fingerprint density at radius 2 is 1.75 bits per heavy atom. The van der Waals surface area contributed by atoms with Crippen LogP contribution in [-0.4, -0.2) is 15.3 Å². The fourth-order valence-electron chi connectivity index (χ4n) is 2.20. The Morgan fingerprint density at radius 3 is 2.33 bits per heavy atom. The van der Waals surface area contributed by atoms with E-state index in [1.165, 1.54) is 11.0 Å². The maximum absolute atomic E-state index is 13.4. The minimum Gasteiger partial charge on any atom is -0.503 e. The van der Waals surface area contributed by atoms with Crippen molar-refractivity contribution < 1.29 is 18.7 Å². The molecule has 0 unspecified atom stereocenters. The number of amides is 1. The number of phenolic OH excluding ortho intramolecular Hbond substituents is 1. The van der Waals surface area contributed by atoms with Gasteiger partial charge in [-0.05, 0) is 42.8 Å². The number of benzene rings is 2. The first-order valence-corrected chi connectivity index (χ1v) is 8.12. The summed E-state index contributed by atoms with van der Waals surface area (Å²) in [4.78, 5) is 14.2. The number of anilines is 1. The lowest BCUT2D eigenvalue weighted by Gasteiger charge is -2.14. The Morgan fingerprint density at radius 1 is 1.17 bits per heavy atom. The van der Waals surface area contributed by atoms with Crippen LogP contribution in [-0.2, 0) is 4.79 Å². The largest absolute Gasteiger partial charge is 0.503 e. The Labute approximate surface area is 146 Å². The molecule has 1 aliphatic rings. The van der Waals surface area contributed by atoms with E-state index in [4.69, 9.17) is 17.3 Å². The molecule has 0 aromatic heterocycles. The number of thiocarbonyl (C=S) groups is 1. The van der Waals surface area contributed by atoms with Crippen LogP contribution in [0.1, 0.15) is 11.1 Å². The molecule has 0 saturated carbocycles. The van der Waals surface area contributed by atoms with Crippen LogP contribution in [0.5, 0.6) is 5.75 Å². The van der Waals surface area contributed by atoms with Crippen molar-refractivity contribution >= 4 is 46.0 Å². The van der Waals surface area contributed by atoms with Gasteiger partial charge in [-0.3, -0.25) is 9.69 Å². The first kappa shape index (κ1) is 16.6. The van der Waals surface area contributed by atoms with Crippen LogP contribution in [0.3, 0.4) is 0 Å². The van der Waals surface area contributed by atoms with Gasteiger partial charge in [0, 0.05) is 0 Å². The number of nitrogens with zero attached hydrogens (tertiary/aromatic N) is 1. The van der Waals surface area contributed by atoms with E-state index in [-0.39, 0.29) is 16.4 Å². The van der Waals surface area contributed by atoms with Gasteiger partial charge in [-0.15, -0.1) is 0 Å². The normalized spacial score (nSPS) is 16.3. The number of hydrogen-bond acceptors (Lipinski definition) is 4. The number of hydrogen-bond donors (Lipinski definition) is 1. The maximum Gasteiger partial charge on any atom is 0.270 e. The fraction of sp³-hybridized carbons (Fsp3) is 0.0588.